The van der Waals surface area contributed by atoms with Gasteiger partial charge in [0.25, 0.3) is 5.91 Å². The number of amides is 1. The molecule has 0 spiro atoms. The van der Waals surface area contributed by atoms with Crippen LogP contribution in [-0.4, -0.2) is 71.1 Å². The van der Waals surface area contributed by atoms with Gasteiger partial charge in [0.15, 0.2) is 0 Å². The summed E-state index contributed by atoms with van der Waals surface area (Å²) in [6.45, 7) is 6.39. The number of benzene rings is 1. The lowest BCUT2D eigenvalue weighted by Gasteiger charge is -2.40. The molecule has 1 saturated heterocycles. The van der Waals surface area contributed by atoms with Gasteiger partial charge in [0.1, 0.15) is 0 Å². The van der Waals surface area contributed by atoms with Crippen LogP contribution in [0.4, 0.5) is 5.95 Å². The van der Waals surface area contributed by atoms with E-state index in [2.05, 4.69) is 51.4 Å². The van der Waals surface area contributed by atoms with Gasteiger partial charge in [-0.3, -0.25) is 9.69 Å². The highest BCUT2D eigenvalue weighted by Crippen LogP contribution is 2.25. The first kappa shape index (κ1) is 21.7. The Kier molecular flexibility index (Phi) is 7.14. The van der Waals surface area contributed by atoms with E-state index in [1.54, 1.807) is 19.5 Å². The van der Waals surface area contributed by atoms with Crippen molar-refractivity contribution in [2.45, 2.75) is 51.2 Å². The number of hydrogen-bond acceptors (Lipinski definition) is 6. The third-order valence-corrected chi connectivity index (χ3v) is 6.52. The molecule has 0 bridgehead atoms. The van der Waals surface area contributed by atoms with Crippen LogP contribution in [0.5, 0.6) is 0 Å². The van der Waals surface area contributed by atoms with Crippen LogP contribution in [0.3, 0.4) is 0 Å². The molecule has 1 aromatic heterocycles. The Morgan fingerprint density at radius 3 is 2.55 bits per heavy atom. The lowest BCUT2D eigenvalue weighted by Crippen LogP contribution is -2.48. The summed E-state index contributed by atoms with van der Waals surface area (Å²) < 4.78 is 5.20. The summed E-state index contributed by atoms with van der Waals surface area (Å²) in [6.07, 6.45) is 7.33. The van der Waals surface area contributed by atoms with E-state index in [-0.39, 0.29) is 11.9 Å². The molecule has 2 aliphatic heterocycles. The number of rotatable bonds is 7. The first-order valence-corrected chi connectivity index (χ1v) is 11.4. The monoisotopic (exact) mass is 423 g/mol. The molecule has 3 heterocycles. The van der Waals surface area contributed by atoms with Crippen LogP contribution in [0.15, 0.2) is 36.7 Å². The molecule has 0 aliphatic carbocycles. The summed E-state index contributed by atoms with van der Waals surface area (Å²) in [4.78, 5) is 26.2. The van der Waals surface area contributed by atoms with Crippen LogP contribution in [0, 0.1) is 0 Å². The number of carbonyl (C=O) groups is 1. The van der Waals surface area contributed by atoms with Crippen molar-refractivity contribution >= 4 is 11.9 Å². The molecule has 4 rings (SSSR count). The zero-order valence-electron chi connectivity index (χ0n) is 18.6. The summed E-state index contributed by atoms with van der Waals surface area (Å²) >= 11 is 0. The Morgan fingerprint density at radius 2 is 1.87 bits per heavy atom. The van der Waals surface area contributed by atoms with Crippen molar-refractivity contribution in [1.82, 2.24) is 19.8 Å². The van der Waals surface area contributed by atoms with E-state index >= 15 is 0 Å². The Morgan fingerprint density at radius 1 is 1.16 bits per heavy atom. The largest absolute Gasteiger partial charge is 0.383 e. The van der Waals surface area contributed by atoms with Crippen molar-refractivity contribution in [3.05, 3.63) is 53.3 Å². The predicted molar refractivity (Wildman–Crippen MR) is 121 cm³/mol. The molecular formula is C24H33N5O2. The lowest BCUT2D eigenvalue weighted by atomic mass is 9.95. The molecule has 0 radical (unpaired) electrons. The average molecular weight is 424 g/mol. The summed E-state index contributed by atoms with van der Waals surface area (Å²) in [5.74, 6) is 0.558. The number of hydrogen-bond donors (Lipinski definition) is 1. The summed E-state index contributed by atoms with van der Waals surface area (Å²) in [6, 6.07) is 9.46. The number of ether oxygens (including phenoxy) is 1. The van der Waals surface area contributed by atoms with Crippen molar-refractivity contribution < 1.29 is 9.53 Å². The number of piperidine rings is 1. The Hall–Kier alpha value is -2.51. The Labute approximate surface area is 184 Å². The molecule has 1 amide bonds. The van der Waals surface area contributed by atoms with Crippen LogP contribution in [0.2, 0.25) is 0 Å². The molecule has 2 aliphatic rings. The molecule has 1 fully saturated rings. The van der Waals surface area contributed by atoms with Crippen molar-refractivity contribution in [3.8, 4) is 0 Å². The summed E-state index contributed by atoms with van der Waals surface area (Å²) in [7, 11) is 1.68. The zero-order chi connectivity index (χ0) is 21.6. The van der Waals surface area contributed by atoms with E-state index in [0.717, 1.165) is 51.9 Å². The highest BCUT2D eigenvalue weighted by Gasteiger charge is 2.29. The first-order valence-electron chi connectivity index (χ1n) is 11.4. The predicted octanol–water partition coefficient (Wildman–Crippen LogP) is 2.98. The maximum absolute atomic E-state index is 12.9. The third kappa shape index (κ3) is 5.22. The maximum atomic E-state index is 12.9. The standard InChI is InChI=1S/C24H33N5O2/c1-3-21(17-31-2)27-24-25-14-20(15-26-24)23(30)28-12-9-22(10-13-28)29-11-8-18-6-4-5-7-19(18)16-29/h4-7,14-15,21-22H,3,8-13,16-17H2,1-2H3,(H,25,26,27). The van der Waals surface area contributed by atoms with E-state index in [1.807, 2.05) is 4.90 Å². The highest BCUT2D eigenvalue weighted by atomic mass is 16.5. The fourth-order valence-electron chi connectivity index (χ4n) is 4.60. The van der Waals surface area contributed by atoms with Gasteiger partial charge in [-0.2, -0.15) is 0 Å². The van der Waals surface area contributed by atoms with Gasteiger partial charge in [0.2, 0.25) is 5.95 Å². The van der Waals surface area contributed by atoms with Gasteiger partial charge in [-0.05, 0) is 36.8 Å². The number of carbonyl (C=O) groups excluding carboxylic acids is 1. The van der Waals surface area contributed by atoms with E-state index < -0.39 is 0 Å². The second kappa shape index (κ2) is 10.2. The van der Waals surface area contributed by atoms with E-state index in [9.17, 15) is 4.79 Å². The van der Waals surface area contributed by atoms with Gasteiger partial charge in [-0.15, -0.1) is 0 Å². The fraction of sp³-hybridized carbons (Fsp3) is 0.542. The molecule has 7 nitrogen and oxygen atoms in total. The SMILES string of the molecule is CCC(COC)Nc1ncc(C(=O)N2CCC(N3CCc4ccccc4C3)CC2)cn1. The van der Waals surface area contributed by atoms with Crippen LogP contribution < -0.4 is 5.32 Å². The van der Waals surface area contributed by atoms with Crippen LogP contribution in [0.25, 0.3) is 0 Å². The molecule has 2 aromatic rings. The second-order valence-corrected chi connectivity index (χ2v) is 8.51. The number of aromatic nitrogens is 2. The number of nitrogens with zero attached hydrogens (tertiary/aromatic N) is 4. The van der Waals surface area contributed by atoms with Crippen LogP contribution in [0.1, 0.15) is 47.7 Å². The van der Waals surface area contributed by atoms with E-state index in [0.29, 0.717) is 24.2 Å². The number of nitrogens with one attached hydrogen (secondary N) is 1. The Balaban J connectivity index is 1.29. The number of likely N-dealkylation sites (tertiary alicyclic amines) is 1. The first-order chi connectivity index (χ1) is 15.2. The zero-order valence-corrected chi connectivity index (χ0v) is 18.6. The number of anilines is 1. The van der Waals surface area contributed by atoms with Crippen molar-refractivity contribution in [3.63, 3.8) is 0 Å². The summed E-state index contributed by atoms with van der Waals surface area (Å²) in [5, 5.41) is 3.25. The van der Waals surface area contributed by atoms with Gasteiger partial charge >= 0.3 is 0 Å². The molecule has 1 aromatic carbocycles. The fourth-order valence-corrected chi connectivity index (χ4v) is 4.60. The quantitative estimate of drug-likeness (QED) is 0.738. The molecule has 1 unspecified atom stereocenters. The highest BCUT2D eigenvalue weighted by molar-refractivity contribution is 5.93. The topological polar surface area (TPSA) is 70.6 Å². The molecular weight excluding hydrogens is 390 g/mol. The smallest absolute Gasteiger partial charge is 0.256 e. The molecule has 166 valence electrons. The molecule has 1 atom stereocenters. The molecule has 7 heteroatoms. The van der Waals surface area contributed by atoms with Crippen molar-refractivity contribution in [1.29, 1.82) is 0 Å². The average Bonchev–Trinajstić information content (AvgIpc) is 2.83. The normalized spacial score (nSPS) is 18.5. The van der Waals surface area contributed by atoms with Gasteiger partial charge < -0.3 is 15.0 Å². The van der Waals surface area contributed by atoms with Gasteiger partial charge in [-0.1, -0.05) is 31.2 Å². The number of fused-ring (bicyclic) bond motifs is 1. The molecule has 0 saturated carbocycles. The van der Waals surface area contributed by atoms with Gasteiger partial charge in [0, 0.05) is 51.7 Å². The maximum Gasteiger partial charge on any atom is 0.256 e. The van der Waals surface area contributed by atoms with Gasteiger partial charge in [0.05, 0.1) is 18.2 Å². The van der Waals surface area contributed by atoms with Gasteiger partial charge in [-0.25, -0.2) is 9.97 Å². The van der Waals surface area contributed by atoms with Crippen LogP contribution >= 0.6 is 0 Å². The summed E-state index contributed by atoms with van der Waals surface area (Å²) in [5.41, 5.74) is 3.49. The van der Waals surface area contributed by atoms with Crippen molar-refractivity contribution in [2.24, 2.45) is 0 Å². The van der Waals surface area contributed by atoms with Crippen LogP contribution in [-0.2, 0) is 17.7 Å². The second-order valence-electron chi connectivity index (χ2n) is 8.51. The molecule has 1 N–H and O–H groups in total. The van der Waals surface area contributed by atoms with Crippen molar-refractivity contribution in [2.75, 3.05) is 38.7 Å². The minimum absolute atomic E-state index is 0.0259. The number of methoxy groups -OCH3 is 1. The molecule has 31 heavy (non-hydrogen) atoms. The van der Waals surface area contributed by atoms with E-state index in [4.69, 9.17) is 4.74 Å². The third-order valence-electron chi connectivity index (χ3n) is 6.52. The minimum Gasteiger partial charge on any atom is -0.383 e. The minimum atomic E-state index is 0.0259. The van der Waals surface area contributed by atoms with E-state index in [1.165, 1.54) is 11.1 Å². The lowest BCUT2D eigenvalue weighted by molar-refractivity contribution is 0.0598. The Bertz CT molecular complexity index is 865.